The van der Waals surface area contributed by atoms with Gasteiger partial charge in [-0.15, -0.1) is 0 Å². The maximum absolute atomic E-state index is 4.25. The lowest BCUT2D eigenvalue weighted by Crippen LogP contribution is -1.85. The Labute approximate surface area is 127 Å². The first-order chi connectivity index (χ1) is 10.5. The van der Waals surface area contributed by atoms with Crippen molar-refractivity contribution in [2.45, 2.75) is 27.7 Å². The number of nitrogens with zero attached hydrogens (tertiary/aromatic N) is 5. The van der Waals surface area contributed by atoms with Gasteiger partial charge in [0.1, 0.15) is 23.0 Å². The van der Waals surface area contributed by atoms with Gasteiger partial charge < -0.3 is 9.97 Å². The van der Waals surface area contributed by atoms with Crippen LogP contribution in [0.1, 0.15) is 23.2 Å². The normalized spacial score (nSPS) is 10.7. The van der Waals surface area contributed by atoms with E-state index in [0.717, 1.165) is 45.5 Å². The van der Waals surface area contributed by atoms with E-state index in [2.05, 4.69) is 34.9 Å². The molecule has 0 unspecified atom stereocenters. The van der Waals surface area contributed by atoms with Gasteiger partial charge in [0.25, 0.3) is 0 Å². The average molecular weight is 295 g/mol. The van der Waals surface area contributed by atoms with E-state index in [1.54, 1.807) is 6.20 Å². The molecule has 0 saturated carbocycles. The largest absolute Gasteiger partial charge is 0.341 e. The zero-order valence-corrected chi connectivity index (χ0v) is 13.0. The van der Waals surface area contributed by atoms with Crippen molar-refractivity contribution in [2.24, 2.45) is 0 Å². The first kappa shape index (κ1) is 14.1. The Hall–Kier alpha value is -2.83. The lowest BCUT2D eigenvalue weighted by Gasteiger charge is -1.88. The number of H-pyrrole nitrogens is 2. The Bertz CT molecular complexity index is 858. The molecule has 0 aromatic carbocycles. The van der Waals surface area contributed by atoms with Gasteiger partial charge in [0.2, 0.25) is 0 Å². The molecule has 22 heavy (non-hydrogen) atoms. The number of hydrogen-bond donors (Lipinski definition) is 2. The number of aryl methyl sites for hydroxylation is 4. The molecule has 4 aromatic heterocycles. The number of nitrogens with one attached hydrogen (secondary N) is 2. The fourth-order valence-electron chi connectivity index (χ4n) is 2.12. The fraction of sp³-hybridized carbons (Fsp3) is 0.267. The first-order valence-electron chi connectivity index (χ1n) is 6.97. The minimum atomic E-state index is 0.745. The van der Waals surface area contributed by atoms with Crippen LogP contribution in [0.3, 0.4) is 0 Å². The van der Waals surface area contributed by atoms with E-state index in [-0.39, 0.29) is 0 Å². The molecule has 0 radical (unpaired) electrons. The fourth-order valence-corrected chi connectivity index (χ4v) is 2.12. The predicted octanol–water partition coefficient (Wildman–Crippen LogP) is 2.54. The summed E-state index contributed by atoms with van der Waals surface area (Å²) in [4.78, 5) is 27.0. The molecule has 4 aromatic rings. The summed E-state index contributed by atoms with van der Waals surface area (Å²) < 4.78 is 0. The Morgan fingerprint density at radius 2 is 1.36 bits per heavy atom. The van der Waals surface area contributed by atoms with Crippen LogP contribution in [0.2, 0.25) is 0 Å². The third-order valence-corrected chi connectivity index (χ3v) is 3.08. The van der Waals surface area contributed by atoms with Crippen LogP contribution >= 0.6 is 0 Å². The van der Waals surface area contributed by atoms with Crippen LogP contribution in [0.4, 0.5) is 0 Å². The molecule has 0 saturated heterocycles. The number of fused-ring (bicyclic) bond motifs is 2. The van der Waals surface area contributed by atoms with Gasteiger partial charge in [-0.1, -0.05) is 0 Å². The molecule has 0 fully saturated rings. The number of pyridine rings is 1. The van der Waals surface area contributed by atoms with Gasteiger partial charge in [-0.3, -0.25) is 0 Å². The Kier molecular flexibility index (Phi) is 3.54. The SMILES string of the molecule is Cc1ccc2[nH]c(C)nc2n1.Cc1ncc2[nH]c(C)nc2n1. The van der Waals surface area contributed by atoms with Crippen molar-refractivity contribution >= 4 is 22.3 Å². The minimum Gasteiger partial charge on any atom is -0.341 e. The summed E-state index contributed by atoms with van der Waals surface area (Å²) in [6.45, 7) is 7.64. The summed E-state index contributed by atoms with van der Waals surface area (Å²) in [5.41, 5.74) is 4.46. The van der Waals surface area contributed by atoms with Crippen LogP contribution in [0.15, 0.2) is 18.3 Å². The maximum Gasteiger partial charge on any atom is 0.181 e. The summed E-state index contributed by atoms with van der Waals surface area (Å²) in [7, 11) is 0. The average Bonchev–Trinajstić information content (AvgIpc) is 2.99. The van der Waals surface area contributed by atoms with Crippen LogP contribution in [0, 0.1) is 27.7 Å². The Morgan fingerprint density at radius 1 is 0.727 bits per heavy atom. The van der Waals surface area contributed by atoms with E-state index in [1.807, 2.05) is 39.8 Å². The van der Waals surface area contributed by atoms with Crippen molar-refractivity contribution in [1.29, 1.82) is 0 Å². The number of aromatic nitrogens is 7. The van der Waals surface area contributed by atoms with Crippen LogP contribution in [0.5, 0.6) is 0 Å². The number of hydrogen-bond acceptors (Lipinski definition) is 5. The first-order valence-corrected chi connectivity index (χ1v) is 6.97. The quantitative estimate of drug-likeness (QED) is 0.519. The maximum atomic E-state index is 4.25. The highest BCUT2D eigenvalue weighted by molar-refractivity contribution is 5.70. The topological polar surface area (TPSA) is 96.0 Å². The van der Waals surface area contributed by atoms with Crippen LogP contribution in [-0.2, 0) is 0 Å². The lowest BCUT2D eigenvalue weighted by molar-refractivity contribution is 1.08. The molecule has 7 heteroatoms. The third-order valence-electron chi connectivity index (χ3n) is 3.08. The summed E-state index contributed by atoms with van der Waals surface area (Å²) in [5.74, 6) is 2.54. The summed E-state index contributed by atoms with van der Waals surface area (Å²) >= 11 is 0. The molecule has 0 atom stereocenters. The van der Waals surface area contributed by atoms with E-state index in [9.17, 15) is 0 Å². The lowest BCUT2D eigenvalue weighted by atomic mass is 10.4. The second-order valence-electron chi connectivity index (χ2n) is 5.12. The van der Waals surface area contributed by atoms with E-state index in [1.165, 1.54) is 0 Å². The minimum absolute atomic E-state index is 0.745. The Morgan fingerprint density at radius 3 is 2.09 bits per heavy atom. The van der Waals surface area contributed by atoms with Crippen LogP contribution in [0.25, 0.3) is 22.3 Å². The van der Waals surface area contributed by atoms with Crippen molar-refractivity contribution in [3.8, 4) is 0 Å². The molecule has 7 nitrogen and oxygen atoms in total. The highest BCUT2D eigenvalue weighted by Gasteiger charge is 2.00. The van der Waals surface area contributed by atoms with Crippen LogP contribution < -0.4 is 0 Å². The van der Waals surface area contributed by atoms with E-state index in [4.69, 9.17) is 0 Å². The van der Waals surface area contributed by atoms with Gasteiger partial charge >= 0.3 is 0 Å². The smallest absolute Gasteiger partial charge is 0.181 e. The molecular weight excluding hydrogens is 278 g/mol. The molecular formula is C15H17N7. The third kappa shape index (κ3) is 2.93. The molecule has 0 bridgehead atoms. The van der Waals surface area contributed by atoms with Gasteiger partial charge in [-0.2, -0.15) is 0 Å². The number of imidazole rings is 2. The second kappa shape index (κ2) is 5.51. The molecule has 4 heterocycles. The highest BCUT2D eigenvalue weighted by atomic mass is 15.0. The van der Waals surface area contributed by atoms with E-state index in [0.29, 0.717) is 0 Å². The molecule has 0 spiro atoms. The van der Waals surface area contributed by atoms with Gasteiger partial charge in [0.15, 0.2) is 11.3 Å². The van der Waals surface area contributed by atoms with Crippen molar-refractivity contribution in [3.63, 3.8) is 0 Å². The van der Waals surface area contributed by atoms with Gasteiger partial charge in [-0.25, -0.2) is 24.9 Å². The number of rotatable bonds is 0. The zero-order chi connectivity index (χ0) is 15.7. The van der Waals surface area contributed by atoms with Crippen LogP contribution in [-0.4, -0.2) is 34.9 Å². The molecule has 0 aliphatic rings. The summed E-state index contributed by atoms with van der Waals surface area (Å²) in [6.07, 6.45) is 1.75. The predicted molar refractivity (Wildman–Crippen MR) is 84.5 cm³/mol. The number of aromatic amines is 2. The molecule has 0 amide bonds. The molecule has 2 N–H and O–H groups in total. The molecule has 112 valence electrons. The Balaban J connectivity index is 0.000000131. The molecule has 0 aliphatic carbocycles. The van der Waals surface area contributed by atoms with Gasteiger partial charge in [-0.05, 0) is 39.8 Å². The standard InChI is InChI=1S/C8H9N3.C7H8N4/c1-5-3-4-7-8(9-5)11-6(2)10-7;1-4-8-3-6-7(10-4)11-5(2)9-6/h3-4H,1-2H3,(H,9,10,11);3H,1-2H3,(H,8,9,10,11). The van der Waals surface area contributed by atoms with E-state index < -0.39 is 0 Å². The summed E-state index contributed by atoms with van der Waals surface area (Å²) in [6, 6.07) is 3.97. The monoisotopic (exact) mass is 295 g/mol. The van der Waals surface area contributed by atoms with Crippen molar-refractivity contribution in [3.05, 3.63) is 41.5 Å². The molecule has 4 rings (SSSR count). The van der Waals surface area contributed by atoms with Crippen molar-refractivity contribution < 1.29 is 0 Å². The van der Waals surface area contributed by atoms with Gasteiger partial charge in [0, 0.05) is 5.69 Å². The second-order valence-corrected chi connectivity index (χ2v) is 5.12. The van der Waals surface area contributed by atoms with Crippen molar-refractivity contribution in [1.82, 2.24) is 34.9 Å². The molecule has 0 aliphatic heterocycles. The highest BCUT2D eigenvalue weighted by Crippen LogP contribution is 2.08. The zero-order valence-electron chi connectivity index (χ0n) is 13.0. The van der Waals surface area contributed by atoms with Crippen molar-refractivity contribution in [2.75, 3.05) is 0 Å². The van der Waals surface area contributed by atoms with E-state index >= 15 is 0 Å². The van der Waals surface area contributed by atoms with Gasteiger partial charge in [0.05, 0.1) is 11.7 Å². The summed E-state index contributed by atoms with van der Waals surface area (Å²) in [5, 5.41) is 0.